The number of methoxy groups -OCH3 is 1. The van der Waals surface area contributed by atoms with Crippen molar-refractivity contribution < 1.29 is 14.3 Å². The van der Waals surface area contributed by atoms with E-state index in [9.17, 15) is 4.79 Å². The molecule has 0 radical (unpaired) electrons. The number of pyridine rings is 1. The van der Waals surface area contributed by atoms with Gasteiger partial charge < -0.3 is 14.8 Å². The Morgan fingerprint density at radius 1 is 1.20 bits per heavy atom. The number of rotatable bonds is 4. The van der Waals surface area contributed by atoms with Crippen molar-refractivity contribution in [2.75, 3.05) is 13.7 Å². The normalized spacial score (nSPS) is 17.4. The van der Waals surface area contributed by atoms with Gasteiger partial charge in [-0.3, -0.25) is 9.48 Å². The molecule has 2 aliphatic heterocycles. The Hall–Kier alpha value is -3.35. The molecule has 0 saturated heterocycles. The van der Waals surface area contributed by atoms with Crippen LogP contribution in [-0.4, -0.2) is 40.4 Å². The Kier molecular flexibility index (Phi) is 4.86. The Bertz CT molecular complexity index is 1090. The van der Waals surface area contributed by atoms with E-state index in [1.807, 2.05) is 41.1 Å². The van der Waals surface area contributed by atoms with Crippen LogP contribution in [0.25, 0.3) is 11.3 Å². The Balaban J connectivity index is 1.46. The second-order valence-corrected chi connectivity index (χ2v) is 7.71. The molecular weight excluding hydrogens is 380 g/mol. The minimum absolute atomic E-state index is 0.0998. The number of benzene rings is 1. The number of amides is 1. The molecule has 0 saturated carbocycles. The van der Waals surface area contributed by atoms with Crippen LogP contribution in [0.1, 0.15) is 34.6 Å². The zero-order valence-electron chi connectivity index (χ0n) is 16.9. The van der Waals surface area contributed by atoms with Gasteiger partial charge in [0.1, 0.15) is 12.4 Å². The number of carbonyl (C=O) groups is 1. The minimum atomic E-state index is -0.190. The number of ether oxygens (including phenoxy) is 2. The van der Waals surface area contributed by atoms with E-state index < -0.39 is 0 Å². The molecule has 3 aromatic rings. The highest BCUT2D eigenvalue weighted by molar-refractivity contribution is 5.99. The molecule has 0 unspecified atom stereocenters. The van der Waals surface area contributed by atoms with Crippen LogP contribution >= 0.6 is 0 Å². The van der Waals surface area contributed by atoms with Gasteiger partial charge in [-0.05, 0) is 43.4 Å². The molecule has 2 aliphatic rings. The lowest BCUT2D eigenvalue weighted by atomic mass is 10.0. The number of nitrogens with one attached hydrogen (secondary N) is 1. The quantitative estimate of drug-likeness (QED) is 0.723. The molecule has 7 nitrogen and oxygen atoms in total. The maximum absolute atomic E-state index is 13.3. The molecule has 1 N–H and O–H groups in total. The second kappa shape index (κ2) is 7.82. The summed E-state index contributed by atoms with van der Waals surface area (Å²) in [5.74, 6) is 1.22. The van der Waals surface area contributed by atoms with Gasteiger partial charge in [-0.25, -0.2) is 4.98 Å². The van der Waals surface area contributed by atoms with E-state index in [-0.39, 0.29) is 11.9 Å². The van der Waals surface area contributed by atoms with Crippen LogP contribution < -0.4 is 14.8 Å². The van der Waals surface area contributed by atoms with Gasteiger partial charge in [0, 0.05) is 18.3 Å². The first-order valence-electron chi connectivity index (χ1n) is 10.4. The smallest absolute Gasteiger partial charge is 0.272 e. The van der Waals surface area contributed by atoms with Crippen LogP contribution in [0.2, 0.25) is 0 Å². The lowest BCUT2D eigenvalue weighted by Gasteiger charge is -2.25. The minimum Gasteiger partial charge on any atom is -0.491 e. The third-order valence-electron chi connectivity index (χ3n) is 5.71. The van der Waals surface area contributed by atoms with Crippen LogP contribution in [-0.2, 0) is 19.4 Å². The highest BCUT2D eigenvalue weighted by Gasteiger charge is 2.29. The van der Waals surface area contributed by atoms with Crippen LogP contribution in [0, 0.1) is 0 Å². The first-order valence-corrected chi connectivity index (χ1v) is 10.4. The summed E-state index contributed by atoms with van der Waals surface area (Å²) in [6.07, 6.45) is 3.77. The van der Waals surface area contributed by atoms with Gasteiger partial charge in [-0.15, -0.1) is 0 Å². The third-order valence-corrected chi connectivity index (χ3v) is 5.71. The molecule has 2 aromatic heterocycles. The standard InChI is InChI=1S/C23H24N4O3/c1-29-20-11-6-8-17(25-20)21-18-9-4-5-12-27(18)26-22(21)23(28)24-16-13-15-7-2-3-10-19(15)30-14-16/h2-3,6-8,10-11,16H,4-5,9,12-14H2,1H3,(H,24,28)/t16-/m1/s1. The Morgan fingerprint density at radius 3 is 3.00 bits per heavy atom. The van der Waals surface area contributed by atoms with E-state index in [1.165, 1.54) is 0 Å². The Labute approximate surface area is 175 Å². The number of carbonyl (C=O) groups excluding carboxylic acids is 1. The number of fused-ring (bicyclic) bond motifs is 2. The first-order chi connectivity index (χ1) is 14.7. The average molecular weight is 404 g/mol. The van der Waals surface area contributed by atoms with E-state index >= 15 is 0 Å². The summed E-state index contributed by atoms with van der Waals surface area (Å²) in [5.41, 5.74) is 4.12. The van der Waals surface area contributed by atoms with Crippen molar-refractivity contribution in [3.63, 3.8) is 0 Å². The fraction of sp³-hybridized carbons (Fsp3) is 0.348. The van der Waals surface area contributed by atoms with Crippen molar-refractivity contribution in [2.45, 2.75) is 38.3 Å². The molecular formula is C23H24N4O3. The summed E-state index contributed by atoms with van der Waals surface area (Å²) in [6, 6.07) is 13.4. The van der Waals surface area contributed by atoms with Crippen LogP contribution in [0.15, 0.2) is 42.5 Å². The van der Waals surface area contributed by atoms with E-state index in [0.29, 0.717) is 23.9 Å². The largest absolute Gasteiger partial charge is 0.491 e. The molecule has 1 amide bonds. The zero-order chi connectivity index (χ0) is 20.5. The number of aryl methyl sites for hydroxylation is 1. The maximum Gasteiger partial charge on any atom is 0.272 e. The van der Waals surface area contributed by atoms with Crippen molar-refractivity contribution in [2.24, 2.45) is 0 Å². The summed E-state index contributed by atoms with van der Waals surface area (Å²) in [5, 5.41) is 7.80. The SMILES string of the molecule is COc1cccc(-c2c(C(=O)N[C@H]3COc4ccccc4C3)nn3c2CCCC3)n1. The number of hydrogen-bond donors (Lipinski definition) is 1. The molecule has 30 heavy (non-hydrogen) atoms. The van der Waals surface area contributed by atoms with Gasteiger partial charge >= 0.3 is 0 Å². The van der Waals surface area contributed by atoms with Crippen LogP contribution in [0.5, 0.6) is 11.6 Å². The number of hydrogen-bond acceptors (Lipinski definition) is 5. The number of nitrogens with zero attached hydrogens (tertiary/aromatic N) is 3. The molecule has 0 bridgehead atoms. The summed E-state index contributed by atoms with van der Waals surface area (Å²) in [6.45, 7) is 1.27. The fourth-order valence-corrected chi connectivity index (χ4v) is 4.26. The molecule has 4 heterocycles. The van der Waals surface area contributed by atoms with Gasteiger partial charge in [0.2, 0.25) is 5.88 Å². The number of para-hydroxylation sites is 1. The fourth-order valence-electron chi connectivity index (χ4n) is 4.26. The molecule has 0 spiro atoms. The van der Waals surface area contributed by atoms with Gasteiger partial charge in [0.25, 0.3) is 5.91 Å². The monoisotopic (exact) mass is 404 g/mol. The van der Waals surface area contributed by atoms with E-state index in [1.54, 1.807) is 13.2 Å². The van der Waals surface area contributed by atoms with Gasteiger partial charge in [0.05, 0.1) is 24.4 Å². The maximum atomic E-state index is 13.3. The summed E-state index contributed by atoms with van der Waals surface area (Å²) in [4.78, 5) is 17.9. The third kappa shape index (κ3) is 3.40. The highest BCUT2D eigenvalue weighted by atomic mass is 16.5. The number of aromatic nitrogens is 3. The van der Waals surface area contributed by atoms with Crippen LogP contribution in [0.4, 0.5) is 0 Å². The predicted molar refractivity (Wildman–Crippen MR) is 112 cm³/mol. The lowest BCUT2D eigenvalue weighted by molar-refractivity contribution is 0.0910. The molecule has 7 heteroatoms. The van der Waals surface area contributed by atoms with Crippen molar-refractivity contribution in [3.8, 4) is 22.9 Å². The van der Waals surface area contributed by atoms with E-state index in [4.69, 9.17) is 9.47 Å². The summed E-state index contributed by atoms with van der Waals surface area (Å²) >= 11 is 0. The molecule has 1 atom stereocenters. The van der Waals surface area contributed by atoms with E-state index in [0.717, 1.165) is 54.8 Å². The highest BCUT2D eigenvalue weighted by Crippen LogP contribution is 2.31. The zero-order valence-corrected chi connectivity index (χ0v) is 16.9. The molecule has 1 aromatic carbocycles. The summed E-state index contributed by atoms with van der Waals surface area (Å²) in [7, 11) is 1.59. The van der Waals surface area contributed by atoms with Gasteiger partial charge in [-0.2, -0.15) is 5.10 Å². The second-order valence-electron chi connectivity index (χ2n) is 7.71. The van der Waals surface area contributed by atoms with Crippen molar-refractivity contribution >= 4 is 5.91 Å². The van der Waals surface area contributed by atoms with Gasteiger partial charge in [0.15, 0.2) is 5.69 Å². The van der Waals surface area contributed by atoms with Crippen molar-refractivity contribution in [1.82, 2.24) is 20.1 Å². The van der Waals surface area contributed by atoms with E-state index in [2.05, 4.69) is 15.4 Å². The van der Waals surface area contributed by atoms with Crippen molar-refractivity contribution in [1.29, 1.82) is 0 Å². The predicted octanol–water partition coefficient (Wildman–Crippen LogP) is 3.02. The van der Waals surface area contributed by atoms with Gasteiger partial charge in [-0.1, -0.05) is 24.3 Å². The summed E-state index contributed by atoms with van der Waals surface area (Å²) < 4.78 is 13.1. The van der Waals surface area contributed by atoms with Crippen molar-refractivity contribution in [3.05, 3.63) is 59.4 Å². The molecule has 0 fully saturated rings. The average Bonchev–Trinajstić information content (AvgIpc) is 3.19. The Morgan fingerprint density at radius 2 is 2.10 bits per heavy atom. The van der Waals surface area contributed by atoms with Crippen LogP contribution in [0.3, 0.4) is 0 Å². The molecule has 0 aliphatic carbocycles. The lowest BCUT2D eigenvalue weighted by Crippen LogP contribution is -2.43. The first kappa shape index (κ1) is 18.7. The topological polar surface area (TPSA) is 78.3 Å². The molecule has 154 valence electrons. The molecule has 5 rings (SSSR count).